The standard InChI is InChI=1S/C15H13N7O/c23-15-11-3-1-2-4-12(11)21-14(13-7-17-9-19-13)22(15)20-6-10-5-16-8-18-10/h1-9,14,21H,(H,16,18)(H,17,19)/b20-6+/t14-/m0/s1. The molecule has 1 atom stereocenters. The summed E-state index contributed by atoms with van der Waals surface area (Å²) in [7, 11) is 0. The number of amides is 1. The number of benzene rings is 1. The number of imidazole rings is 2. The van der Waals surface area contributed by atoms with Crippen LogP contribution in [0.3, 0.4) is 0 Å². The molecule has 3 heterocycles. The number of anilines is 1. The SMILES string of the molecule is O=C1c2ccccc2N[C@H](c2cnc[nH]2)N1/N=C/c1cnc[nH]1. The van der Waals surface area contributed by atoms with Gasteiger partial charge in [-0.1, -0.05) is 12.1 Å². The van der Waals surface area contributed by atoms with Crippen molar-refractivity contribution >= 4 is 17.8 Å². The van der Waals surface area contributed by atoms with E-state index >= 15 is 0 Å². The third-order valence-corrected chi connectivity index (χ3v) is 3.56. The zero-order valence-corrected chi connectivity index (χ0v) is 12.0. The zero-order valence-electron chi connectivity index (χ0n) is 12.0. The van der Waals surface area contributed by atoms with Crippen molar-refractivity contribution in [3.8, 4) is 0 Å². The van der Waals surface area contributed by atoms with Gasteiger partial charge >= 0.3 is 0 Å². The number of aromatic nitrogens is 4. The average molecular weight is 307 g/mol. The summed E-state index contributed by atoms with van der Waals surface area (Å²) in [5.41, 5.74) is 2.80. The largest absolute Gasteiger partial charge is 0.358 e. The number of H-pyrrole nitrogens is 2. The first-order chi connectivity index (χ1) is 11.3. The van der Waals surface area contributed by atoms with Gasteiger partial charge in [-0.2, -0.15) is 5.10 Å². The minimum absolute atomic E-state index is 0.185. The molecule has 1 amide bonds. The number of para-hydroxylation sites is 1. The first kappa shape index (κ1) is 13.3. The van der Waals surface area contributed by atoms with Gasteiger partial charge in [-0.3, -0.25) is 4.79 Å². The first-order valence-electron chi connectivity index (χ1n) is 7.03. The maximum atomic E-state index is 12.8. The number of aromatic amines is 2. The normalized spacial score (nSPS) is 17.3. The molecule has 1 aliphatic rings. The number of carbonyl (C=O) groups excluding carboxylic acids is 1. The molecule has 0 bridgehead atoms. The van der Waals surface area contributed by atoms with Crippen molar-refractivity contribution in [3.63, 3.8) is 0 Å². The van der Waals surface area contributed by atoms with Crippen LogP contribution in [-0.2, 0) is 0 Å². The van der Waals surface area contributed by atoms with Crippen LogP contribution < -0.4 is 5.32 Å². The number of hydrogen-bond donors (Lipinski definition) is 3. The molecule has 0 aliphatic carbocycles. The van der Waals surface area contributed by atoms with Crippen molar-refractivity contribution in [2.24, 2.45) is 5.10 Å². The molecule has 23 heavy (non-hydrogen) atoms. The van der Waals surface area contributed by atoms with Crippen LogP contribution in [0.15, 0.2) is 54.4 Å². The molecule has 0 radical (unpaired) electrons. The molecule has 0 spiro atoms. The van der Waals surface area contributed by atoms with Crippen LogP contribution in [0.5, 0.6) is 0 Å². The van der Waals surface area contributed by atoms with E-state index in [1.807, 2.05) is 18.2 Å². The lowest BCUT2D eigenvalue weighted by molar-refractivity contribution is 0.0688. The molecule has 0 fully saturated rings. The number of rotatable bonds is 3. The fourth-order valence-corrected chi connectivity index (χ4v) is 2.45. The molecular weight excluding hydrogens is 294 g/mol. The van der Waals surface area contributed by atoms with Gasteiger partial charge in [0.25, 0.3) is 5.91 Å². The Morgan fingerprint density at radius 1 is 1.13 bits per heavy atom. The van der Waals surface area contributed by atoms with E-state index < -0.39 is 6.17 Å². The van der Waals surface area contributed by atoms with Crippen LogP contribution >= 0.6 is 0 Å². The van der Waals surface area contributed by atoms with E-state index in [0.717, 1.165) is 11.4 Å². The van der Waals surface area contributed by atoms with Crippen LogP contribution in [0.25, 0.3) is 0 Å². The van der Waals surface area contributed by atoms with Crippen molar-refractivity contribution in [3.05, 3.63) is 66.3 Å². The molecule has 3 aromatic rings. The van der Waals surface area contributed by atoms with E-state index in [1.165, 1.54) is 5.01 Å². The Labute approximate surface area is 131 Å². The minimum atomic E-state index is -0.459. The van der Waals surface area contributed by atoms with Gasteiger partial charge in [0.1, 0.15) is 0 Å². The molecule has 114 valence electrons. The van der Waals surface area contributed by atoms with E-state index in [4.69, 9.17) is 0 Å². The van der Waals surface area contributed by atoms with E-state index in [1.54, 1.807) is 37.3 Å². The van der Waals surface area contributed by atoms with Crippen LogP contribution in [0.2, 0.25) is 0 Å². The van der Waals surface area contributed by atoms with Crippen LogP contribution in [0.1, 0.15) is 27.9 Å². The van der Waals surface area contributed by atoms with Crippen LogP contribution in [0.4, 0.5) is 5.69 Å². The molecular formula is C15H13N7O. The van der Waals surface area contributed by atoms with E-state index in [-0.39, 0.29) is 5.91 Å². The lowest BCUT2D eigenvalue weighted by Gasteiger charge is -2.33. The maximum absolute atomic E-state index is 12.8. The van der Waals surface area contributed by atoms with Crippen molar-refractivity contribution in [1.29, 1.82) is 0 Å². The highest BCUT2D eigenvalue weighted by Crippen LogP contribution is 2.32. The smallest absolute Gasteiger partial charge is 0.278 e. The number of carbonyl (C=O) groups is 1. The summed E-state index contributed by atoms with van der Waals surface area (Å²) in [6.45, 7) is 0. The summed E-state index contributed by atoms with van der Waals surface area (Å²) in [5.74, 6) is -0.185. The van der Waals surface area contributed by atoms with E-state index in [9.17, 15) is 4.79 Å². The quantitative estimate of drug-likeness (QED) is 0.641. The molecule has 0 unspecified atom stereocenters. The minimum Gasteiger partial charge on any atom is -0.358 e. The molecule has 8 nitrogen and oxygen atoms in total. The molecule has 1 aromatic carbocycles. The number of nitrogens with one attached hydrogen (secondary N) is 3. The Kier molecular flexibility index (Phi) is 3.12. The lowest BCUT2D eigenvalue weighted by atomic mass is 10.1. The summed E-state index contributed by atoms with van der Waals surface area (Å²) < 4.78 is 0. The molecule has 8 heteroatoms. The highest BCUT2D eigenvalue weighted by atomic mass is 16.2. The van der Waals surface area contributed by atoms with Gasteiger partial charge in [0.2, 0.25) is 0 Å². The Bertz CT molecular complexity index is 839. The zero-order chi connectivity index (χ0) is 15.6. The Morgan fingerprint density at radius 3 is 2.74 bits per heavy atom. The van der Waals surface area contributed by atoms with Crippen LogP contribution in [-0.4, -0.2) is 37.1 Å². The second kappa shape index (κ2) is 5.41. The number of hydrazone groups is 1. The van der Waals surface area contributed by atoms with Gasteiger partial charge in [0.15, 0.2) is 6.17 Å². The average Bonchev–Trinajstić information content (AvgIpc) is 3.27. The number of nitrogens with zero attached hydrogens (tertiary/aromatic N) is 4. The molecule has 0 saturated carbocycles. The topological polar surface area (TPSA) is 102 Å². The number of fused-ring (bicyclic) bond motifs is 1. The summed E-state index contributed by atoms with van der Waals surface area (Å²) >= 11 is 0. The predicted octanol–water partition coefficient (Wildman–Crippen LogP) is 1.73. The molecule has 0 saturated heterocycles. The monoisotopic (exact) mass is 307 g/mol. The summed E-state index contributed by atoms with van der Waals surface area (Å²) in [5, 5.41) is 9.01. The van der Waals surface area contributed by atoms with Crippen molar-refractivity contribution in [2.45, 2.75) is 6.17 Å². The van der Waals surface area contributed by atoms with Crippen LogP contribution in [0, 0.1) is 0 Å². The third-order valence-electron chi connectivity index (χ3n) is 3.56. The highest BCUT2D eigenvalue weighted by Gasteiger charge is 2.33. The summed E-state index contributed by atoms with van der Waals surface area (Å²) in [6, 6.07) is 7.34. The third kappa shape index (κ3) is 2.35. The maximum Gasteiger partial charge on any atom is 0.278 e. The summed E-state index contributed by atoms with van der Waals surface area (Å²) in [6.07, 6.45) is 7.52. The van der Waals surface area contributed by atoms with E-state index in [2.05, 4.69) is 30.4 Å². The fourth-order valence-electron chi connectivity index (χ4n) is 2.45. The van der Waals surface area contributed by atoms with E-state index in [0.29, 0.717) is 11.3 Å². The Hall–Kier alpha value is -3.42. The predicted molar refractivity (Wildman–Crippen MR) is 83.7 cm³/mol. The van der Waals surface area contributed by atoms with Gasteiger partial charge in [-0.15, -0.1) is 0 Å². The van der Waals surface area contributed by atoms with Gasteiger partial charge in [-0.05, 0) is 12.1 Å². The van der Waals surface area contributed by atoms with Gasteiger partial charge in [0, 0.05) is 5.69 Å². The molecule has 1 aliphatic heterocycles. The Morgan fingerprint density at radius 2 is 1.96 bits per heavy atom. The molecule has 4 rings (SSSR count). The fraction of sp³-hybridized carbons (Fsp3) is 0.0667. The second-order valence-corrected chi connectivity index (χ2v) is 5.00. The van der Waals surface area contributed by atoms with Gasteiger partial charge < -0.3 is 15.3 Å². The Balaban J connectivity index is 1.75. The number of hydrogen-bond acceptors (Lipinski definition) is 5. The second-order valence-electron chi connectivity index (χ2n) is 5.00. The van der Waals surface area contributed by atoms with Gasteiger partial charge in [0.05, 0.1) is 48.2 Å². The first-order valence-corrected chi connectivity index (χ1v) is 7.03. The molecule has 2 aromatic heterocycles. The lowest BCUT2D eigenvalue weighted by Crippen LogP contribution is -2.39. The van der Waals surface area contributed by atoms with Crippen molar-refractivity contribution in [1.82, 2.24) is 24.9 Å². The molecule has 3 N–H and O–H groups in total. The highest BCUT2D eigenvalue weighted by molar-refractivity contribution is 6.02. The van der Waals surface area contributed by atoms with Gasteiger partial charge in [-0.25, -0.2) is 15.0 Å². The van der Waals surface area contributed by atoms with Crippen molar-refractivity contribution < 1.29 is 4.79 Å². The summed E-state index contributed by atoms with van der Waals surface area (Å²) in [4.78, 5) is 26.7. The van der Waals surface area contributed by atoms with Crippen molar-refractivity contribution in [2.75, 3.05) is 5.32 Å².